The zero-order valence-electron chi connectivity index (χ0n) is 11.2. The van der Waals surface area contributed by atoms with Crippen LogP contribution in [0.5, 0.6) is 5.75 Å². The normalized spacial score (nSPS) is 10.9. The van der Waals surface area contributed by atoms with Gasteiger partial charge in [0.25, 0.3) is 0 Å². The lowest BCUT2D eigenvalue weighted by molar-refractivity contribution is 0.416. The molecule has 1 aromatic carbocycles. The van der Waals surface area contributed by atoms with E-state index in [0.29, 0.717) is 32.5 Å². The summed E-state index contributed by atoms with van der Waals surface area (Å²) in [5.41, 5.74) is 1.30. The molecule has 3 nitrogen and oxygen atoms in total. The van der Waals surface area contributed by atoms with Crippen LogP contribution >= 0.6 is 34.8 Å². The molecule has 0 aliphatic rings. The minimum Gasteiger partial charge on any atom is -0.496 e. The molecule has 0 unspecified atom stereocenters. The molecule has 0 saturated carbocycles. The summed E-state index contributed by atoms with van der Waals surface area (Å²) in [7, 11) is 1.56. The molecule has 20 heavy (non-hydrogen) atoms. The van der Waals surface area contributed by atoms with Crippen molar-refractivity contribution in [2.45, 2.75) is 19.8 Å². The van der Waals surface area contributed by atoms with Crippen molar-refractivity contribution in [1.82, 2.24) is 9.97 Å². The summed E-state index contributed by atoms with van der Waals surface area (Å²) < 4.78 is 5.29. The molecule has 0 radical (unpaired) electrons. The van der Waals surface area contributed by atoms with E-state index in [1.807, 2.05) is 13.8 Å². The Hall–Kier alpha value is -1.03. The molecule has 0 amide bonds. The van der Waals surface area contributed by atoms with Gasteiger partial charge in [-0.1, -0.05) is 54.7 Å². The number of hydrogen-bond donors (Lipinski definition) is 0. The molecule has 0 N–H and O–H groups in total. The van der Waals surface area contributed by atoms with Gasteiger partial charge in [-0.3, -0.25) is 0 Å². The Morgan fingerprint density at radius 3 is 2.15 bits per heavy atom. The molecule has 0 spiro atoms. The van der Waals surface area contributed by atoms with E-state index in [9.17, 15) is 0 Å². The lowest BCUT2D eigenvalue weighted by atomic mass is 10.1. The Balaban J connectivity index is 2.66. The van der Waals surface area contributed by atoms with Crippen molar-refractivity contribution in [3.05, 3.63) is 39.1 Å². The van der Waals surface area contributed by atoms with Crippen molar-refractivity contribution in [3.8, 4) is 17.1 Å². The standard InChI is InChI=1S/C14H13Cl3N2O/c1-7(2)10-12(16)18-14(19-13(10)17)11-8(15)5-4-6-9(11)20-3/h4-7H,1-3H3. The van der Waals surface area contributed by atoms with Gasteiger partial charge in [0.1, 0.15) is 16.1 Å². The SMILES string of the molecule is COc1cccc(Cl)c1-c1nc(Cl)c(C(C)C)c(Cl)n1. The van der Waals surface area contributed by atoms with Crippen LogP contribution in [0.4, 0.5) is 0 Å². The first-order valence-electron chi connectivity index (χ1n) is 6.01. The van der Waals surface area contributed by atoms with Crippen LogP contribution in [0.25, 0.3) is 11.4 Å². The molecule has 106 valence electrons. The zero-order valence-corrected chi connectivity index (χ0v) is 13.5. The summed E-state index contributed by atoms with van der Waals surface area (Å²) in [6, 6.07) is 5.31. The second-order valence-corrected chi connectivity index (χ2v) is 5.64. The largest absolute Gasteiger partial charge is 0.496 e. The average molecular weight is 332 g/mol. The van der Waals surface area contributed by atoms with E-state index in [-0.39, 0.29) is 5.92 Å². The number of benzene rings is 1. The summed E-state index contributed by atoms with van der Waals surface area (Å²) in [5, 5.41) is 1.14. The fourth-order valence-electron chi connectivity index (χ4n) is 1.90. The Labute approximate surface area is 132 Å². The molecule has 1 aromatic heterocycles. The van der Waals surface area contributed by atoms with Gasteiger partial charge in [-0.05, 0) is 18.1 Å². The Kier molecular flexibility index (Phi) is 4.74. The maximum atomic E-state index is 6.21. The minimum atomic E-state index is 0.136. The molecule has 0 bridgehead atoms. The lowest BCUT2D eigenvalue weighted by Crippen LogP contribution is -2.00. The van der Waals surface area contributed by atoms with E-state index in [4.69, 9.17) is 39.5 Å². The van der Waals surface area contributed by atoms with Gasteiger partial charge in [0, 0.05) is 5.56 Å². The molecule has 0 fully saturated rings. The molecule has 0 saturated heterocycles. The molecular formula is C14H13Cl3N2O. The van der Waals surface area contributed by atoms with Crippen LogP contribution in [0.2, 0.25) is 15.3 Å². The van der Waals surface area contributed by atoms with Gasteiger partial charge in [-0.15, -0.1) is 0 Å². The third-order valence-electron chi connectivity index (χ3n) is 2.85. The summed E-state index contributed by atoms with van der Waals surface area (Å²) >= 11 is 18.6. The second-order valence-electron chi connectivity index (χ2n) is 4.51. The summed E-state index contributed by atoms with van der Waals surface area (Å²) in [6.45, 7) is 3.96. The van der Waals surface area contributed by atoms with Gasteiger partial charge < -0.3 is 4.74 Å². The van der Waals surface area contributed by atoms with Crippen LogP contribution in [0.15, 0.2) is 18.2 Å². The topological polar surface area (TPSA) is 35.0 Å². The number of aromatic nitrogens is 2. The first kappa shape index (κ1) is 15.4. The number of ether oxygens (including phenoxy) is 1. The van der Waals surface area contributed by atoms with Crippen LogP contribution in [0.1, 0.15) is 25.3 Å². The van der Waals surface area contributed by atoms with Crippen molar-refractivity contribution in [3.63, 3.8) is 0 Å². The highest BCUT2D eigenvalue weighted by atomic mass is 35.5. The summed E-state index contributed by atoms with van der Waals surface area (Å²) in [6.07, 6.45) is 0. The number of methoxy groups -OCH3 is 1. The van der Waals surface area contributed by atoms with Gasteiger partial charge in [-0.25, -0.2) is 9.97 Å². The minimum absolute atomic E-state index is 0.136. The van der Waals surface area contributed by atoms with Crippen LogP contribution < -0.4 is 4.74 Å². The average Bonchev–Trinajstić information content (AvgIpc) is 2.36. The summed E-state index contributed by atoms with van der Waals surface area (Å²) in [5.74, 6) is 1.06. The van der Waals surface area contributed by atoms with E-state index in [1.54, 1.807) is 25.3 Å². The number of hydrogen-bond acceptors (Lipinski definition) is 3. The van der Waals surface area contributed by atoms with E-state index >= 15 is 0 Å². The number of rotatable bonds is 3. The third kappa shape index (κ3) is 2.85. The maximum Gasteiger partial charge on any atom is 0.167 e. The molecule has 0 atom stereocenters. The smallest absolute Gasteiger partial charge is 0.167 e. The molecule has 1 heterocycles. The van der Waals surface area contributed by atoms with Gasteiger partial charge in [0.05, 0.1) is 17.7 Å². The predicted molar refractivity (Wildman–Crippen MR) is 83.1 cm³/mol. The van der Waals surface area contributed by atoms with Gasteiger partial charge in [0.15, 0.2) is 5.82 Å². The van der Waals surface area contributed by atoms with Crippen LogP contribution in [-0.2, 0) is 0 Å². The molecule has 6 heteroatoms. The first-order valence-corrected chi connectivity index (χ1v) is 7.15. The number of nitrogens with zero attached hydrogens (tertiary/aromatic N) is 2. The quantitative estimate of drug-likeness (QED) is 0.722. The zero-order chi connectivity index (χ0) is 14.9. The highest BCUT2D eigenvalue weighted by Crippen LogP contribution is 2.37. The highest BCUT2D eigenvalue weighted by molar-refractivity contribution is 6.35. The lowest BCUT2D eigenvalue weighted by Gasteiger charge is -2.13. The van der Waals surface area contributed by atoms with E-state index in [2.05, 4.69) is 9.97 Å². The monoisotopic (exact) mass is 330 g/mol. The number of halogens is 3. The van der Waals surface area contributed by atoms with Gasteiger partial charge in [0.2, 0.25) is 0 Å². The van der Waals surface area contributed by atoms with E-state index in [1.165, 1.54) is 0 Å². The highest BCUT2D eigenvalue weighted by Gasteiger charge is 2.19. The van der Waals surface area contributed by atoms with Crippen molar-refractivity contribution < 1.29 is 4.74 Å². The third-order valence-corrected chi connectivity index (χ3v) is 3.74. The Morgan fingerprint density at radius 1 is 1.05 bits per heavy atom. The molecular weight excluding hydrogens is 319 g/mol. The fourth-order valence-corrected chi connectivity index (χ4v) is 2.97. The van der Waals surface area contributed by atoms with Gasteiger partial charge in [-0.2, -0.15) is 0 Å². The van der Waals surface area contributed by atoms with Crippen molar-refractivity contribution in [2.24, 2.45) is 0 Å². The van der Waals surface area contributed by atoms with Crippen molar-refractivity contribution in [2.75, 3.05) is 7.11 Å². The first-order chi connectivity index (χ1) is 9.45. The Morgan fingerprint density at radius 2 is 1.65 bits per heavy atom. The van der Waals surface area contributed by atoms with Crippen LogP contribution in [-0.4, -0.2) is 17.1 Å². The van der Waals surface area contributed by atoms with Crippen LogP contribution in [0, 0.1) is 0 Å². The second kappa shape index (κ2) is 6.17. The van der Waals surface area contributed by atoms with Crippen molar-refractivity contribution in [1.29, 1.82) is 0 Å². The van der Waals surface area contributed by atoms with Crippen molar-refractivity contribution >= 4 is 34.8 Å². The van der Waals surface area contributed by atoms with E-state index in [0.717, 1.165) is 5.56 Å². The molecule has 2 rings (SSSR count). The predicted octanol–water partition coefficient (Wildman–Crippen LogP) is 5.24. The van der Waals surface area contributed by atoms with Gasteiger partial charge >= 0.3 is 0 Å². The summed E-state index contributed by atoms with van der Waals surface area (Å²) in [4.78, 5) is 8.60. The maximum absolute atomic E-state index is 6.21. The van der Waals surface area contributed by atoms with E-state index < -0.39 is 0 Å². The molecule has 0 aliphatic heterocycles. The fraction of sp³-hybridized carbons (Fsp3) is 0.286. The molecule has 2 aromatic rings. The molecule has 0 aliphatic carbocycles. The Bertz CT molecular complexity index is 621. The van der Waals surface area contributed by atoms with Crippen LogP contribution in [0.3, 0.4) is 0 Å².